The molecule has 0 unspecified atom stereocenters. The van der Waals surface area contributed by atoms with Crippen LogP contribution in [0.2, 0.25) is 0 Å². The Morgan fingerprint density at radius 3 is 1.39 bits per heavy atom. The molecule has 0 spiro atoms. The van der Waals surface area contributed by atoms with E-state index in [1.807, 2.05) is 0 Å². The van der Waals surface area contributed by atoms with Crippen LogP contribution in [-0.2, 0) is 16.3 Å². The molecule has 1 rings (SSSR count). The van der Waals surface area contributed by atoms with Crippen LogP contribution in [0.5, 0.6) is 0 Å². The Bertz CT molecular complexity index is 575. The van der Waals surface area contributed by atoms with E-state index in [0.717, 1.165) is 0 Å². The van der Waals surface area contributed by atoms with Crippen LogP contribution in [0.1, 0.15) is 5.56 Å². The van der Waals surface area contributed by atoms with Crippen molar-refractivity contribution in [1.82, 2.24) is 0 Å². The van der Waals surface area contributed by atoms with E-state index in [0.29, 0.717) is 0 Å². The molecule has 1 N–H and O–H groups in total. The van der Waals surface area contributed by atoms with Crippen LogP contribution in [0, 0.1) is 23.3 Å². The zero-order chi connectivity index (χ0) is 14.5. The van der Waals surface area contributed by atoms with Gasteiger partial charge in [0, 0.05) is 0 Å². The van der Waals surface area contributed by atoms with Crippen molar-refractivity contribution in [2.75, 3.05) is 0 Å². The van der Waals surface area contributed by atoms with Gasteiger partial charge in [-0.15, -0.1) is 0 Å². The summed E-state index contributed by atoms with van der Waals surface area (Å²) in [5.41, 5.74) is -2.93. The quantitative estimate of drug-likeness (QED) is 0.492. The first kappa shape index (κ1) is 14.7. The van der Waals surface area contributed by atoms with Crippen LogP contribution in [0.4, 0.5) is 30.7 Å². The molecule has 11 heteroatoms. The van der Waals surface area contributed by atoms with Crippen LogP contribution in [0.25, 0.3) is 0 Å². The smallest absolute Gasteiger partial charge is 0.282 e. The summed E-state index contributed by atoms with van der Waals surface area (Å²) in [5, 5.41) is 0. The van der Waals surface area contributed by atoms with Crippen LogP contribution >= 0.6 is 0 Å². The Hall–Kier alpha value is -1.36. The topological polar surface area (TPSA) is 54.4 Å². The average molecular weight is 298 g/mol. The molecule has 0 heterocycles. The minimum absolute atomic E-state index is 2.52. The SMILES string of the molecule is O=S(=O)(O)c1c(F)c(F)c(C(F)(F)F)c(F)c1F. The van der Waals surface area contributed by atoms with E-state index in [-0.39, 0.29) is 0 Å². The van der Waals surface area contributed by atoms with Crippen molar-refractivity contribution in [2.45, 2.75) is 11.1 Å². The fourth-order valence-corrected chi connectivity index (χ4v) is 1.72. The van der Waals surface area contributed by atoms with Crippen molar-refractivity contribution >= 4 is 10.1 Å². The highest BCUT2D eigenvalue weighted by Crippen LogP contribution is 2.37. The number of rotatable bonds is 1. The van der Waals surface area contributed by atoms with Crippen molar-refractivity contribution < 1.29 is 43.7 Å². The number of hydrogen-bond acceptors (Lipinski definition) is 2. The lowest BCUT2D eigenvalue weighted by Crippen LogP contribution is -2.18. The van der Waals surface area contributed by atoms with Gasteiger partial charge in [0.25, 0.3) is 0 Å². The van der Waals surface area contributed by atoms with Gasteiger partial charge < -0.3 is 0 Å². The van der Waals surface area contributed by atoms with Gasteiger partial charge in [-0.2, -0.15) is 21.6 Å². The lowest BCUT2D eigenvalue weighted by atomic mass is 10.1. The molecule has 0 atom stereocenters. The van der Waals surface area contributed by atoms with E-state index in [9.17, 15) is 39.2 Å². The van der Waals surface area contributed by atoms with E-state index < -0.39 is 50.0 Å². The summed E-state index contributed by atoms with van der Waals surface area (Å²) in [6.45, 7) is 0. The molecule has 0 aliphatic heterocycles. The van der Waals surface area contributed by atoms with Gasteiger partial charge in [0.05, 0.1) is 0 Å². The number of benzene rings is 1. The maximum atomic E-state index is 12.9. The maximum absolute atomic E-state index is 12.9. The Morgan fingerprint density at radius 2 is 1.17 bits per heavy atom. The standard InChI is InChI=1S/C7HF7O3S/c8-2-1(7(12,13)14)3(9)5(11)6(4(2)10)18(15,16)17/h(H,15,16,17). The fraction of sp³-hybridized carbons (Fsp3) is 0.143. The van der Waals surface area contributed by atoms with Gasteiger partial charge >= 0.3 is 16.3 Å². The first-order chi connectivity index (χ1) is 7.89. The minimum Gasteiger partial charge on any atom is -0.282 e. The first-order valence-corrected chi connectivity index (χ1v) is 5.23. The minimum atomic E-state index is -5.78. The summed E-state index contributed by atoms with van der Waals surface area (Å²) in [4.78, 5) is -2.52. The average Bonchev–Trinajstić information content (AvgIpc) is 2.10. The summed E-state index contributed by atoms with van der Waals surface area (Å²) in [6, 6.07) is 0. The van der Waals surface area contributed by atoms with Crippen molar-refractivity contribution in [3.63, 3.8) is 0 Å². The Balaban J connectivity index is 3.90. The Morgan fingerprint density at radius 1 is 0.833 bits per heavy atom. The lowest BCUT2D eigenvalue weighted by molar-refractivity contribution is -0.143. The number of halogens is 7. The van der Waals surface area contributed by atoms with E-state index in [1.165, 1.54) is 0 Å². The summed E-state index contributed by atoms with van der Waals surface area (Å²) in [6.07, 6.45) is -5.78. The Kier molecular flexibility index (Phi) is 3.34. The molecule has 1 aromatic carbocycles. The summed E-state index contributed by atoms with van der Waals surface area (Å²) >= 11 is 0. The predicted molar refractivity (Wildman–Crippen MR) is 41.1 cm³/mol. The molecule has 102 valence electrons. The third-order valence-electron chi connectivity index (χ3n) is 1.76. The highest BCUT2D eigenvalue weighted by atomic mass is 32.2. The molecule has 0 saturated heterocycles. The van der Waals surface area contributed by atoms with Crippen molar-refractivity contribution in [1.29, 1.82) is 0 Å². The van der Waals surface area contributed by atoms with Gasteiger partial charge in [-0.1, -0.05) is 0 Å². The second kappa shape index (κ2) is 4.09. The van der Waals surface area contributed by atoms with Gasteiger partial charge in [0.2, 0.25) is 0 Å². The highest BCUT2D eigenvalue weighted by molar-refractivity contribution is 7.85. The third kappa shape index (κ3) is 2.27. The molecular weight excluding hydrogens is 297 g/mol. The summed E-state index contributed by atoms with van der Waals surface area (Å²) < 4.78 is 117. The molecule has 1 aromatic rings. The molecule has 0 aromatic heterocycles. The molecule has 0 fully saturated rings. The van der Waals surface area contributed by atoms with E-state index >= 15 is 0 Å². The largest absolute Gasteiger partial charge is 0.422 e. The number of alkyl halides is 3. The molecule has 0 bridgehead atoms. The van der Waals surface area contributed by atoms with Gasteiger partial charge in [-0.3, -0.25) is 4.55 Å². The normalized spacial score (nSPS) is 12.9. The first-order valence-electron chi connectivity index (χ1n) is 3.79. The van der Waals surface area contributed by atoms with Crippen molar-refractivity contribution in [3.8, 4) is 0 Å². The van der Waals surface area contributed by atoms with Crippen LogP contribution in [0.3, 0.4) is 0 Å². The molecular formula is C7HF7O3S. The Labute approximate surface area is 94.6 Å². The second-order valence-corrected chi connectivity index (χ2v) is 4.29. The third-order valence-corrected chi connectivity index (χ3v) is 2.64. The van der Waals surface area contributed by atoms with Gasteiger partial charge in [-0.25, -0.2) is 17.6 Å². The molecule has 0 aliphatic carbocycles. The van der Waals surface area contributed by atoms with Crippen molar-refractivity contribution in [3.05, 3.63) is 28.8 Å². The highest BCUT2D eigenvalue weighted by Gasteiger charge is 2.44. The zero-order valence-corrected chi connectivity index (χ0v) is 8.63. The van der Waals surface area contributed by atoms with Gasteiger partial charge in [0.15, 0.2) is 28.2 Å². The van der Waals surface area contributed by atoms with Crippen LogP contribution < -0.4 is 0 Å². The molecule has 0 saturated carbocycles. The van der Waals surface area contributed by atoms with Crippen LogP contribution in [-0.4, -0.2) is 13.0 Å². The predicted octanol–water partition coefficient (Wildman–Crippen LogP) is 2.51. The monoisotopic (exact) mass is 298 g/mol. The maximum Gasteiger partial charge on any atom is 0.422 e. The van der Waals surface area contributed by atoms with Crippen molar-refractivity contribution in [2.24, 2.45) is 0 Å². The number of hydrogen-bond donors (Lipinski definition) is 1. The molecule has 0 aliphatic rings. The zero-order valence-electron chi connectivity index (χ0n) is 7.82. The molecule has 3 nitrogen and oxygen atoms in total. The van der Waals surface area contributed by atoms with E-state index in [2.05, 4.69) is 0 Å². The second-order valence-electron chi connectivity index (χ2n) is 2.93. The summed E-state index contributed by atoms with van der Waals surface area (Å²) in [5.74, 6) is -11.6. The lowest BCUT2D eigenvalue weighted by Gasteiger charge is -2.12. The summed E-state index contributed by atoms with van der Waals surface area (Å²) in [7, 11) is -5.77. The molecule has 0 amide bonds. The fourth-order valence-electron chi connectivity index (χ4n) is 1.09. The van der Waals surface area contributed by atoms with E-state index in [1.54, 1.807) is 0 Å². The van der Waals surface area contributed by atoms with Crippen LogP contribution in [0.15, 0.2) is 4.90 Å². The molecule has 0 radical (unpaired) electrons. The van der Waals surface area contributed by atoms with E-state index in [4.69, 9.17) is 4.55 Å². The van der Waals surface area contributed by atoms with Gasteiger partial charge in [-0.05, 0) is 0 Å². The van der Waals surface area contributed by atoms with Gasteiger partial charge in [0.1, 0.15) is 5.56 Å². The molecule has 18 heavy (non-hydrogen) atoms.